The second-order valence-electron chi connectivity index (χ2n) is 7.22. The number of aromatic amines is 2. The molecule has 0 atom stereocenters. The number of carbonyl (C=O) groups is 3. The average molecular weight is 407 g/mol. The molecule has 0 unspecified atom stereocenters. The number of para-hydroxylation sites is 4. The average Bonchev–Trinajstić information content (AvgIpc) is 3.47. The first kappa shape index (κ1) is 17.3. The summed E-state index contributed by atoms with van der Waals surface area (Å²) < 4.78 is 0. The van der Waals surface area contributed by atoms with Crippen molar-refractivity contribution in [3.05, 3.63) is 89.2 Å². The predicted molar refractivity (Wildman–Crippen MR) is 113 cm³/mol. The van der Waals surface area contributed by atoms with Gasteiger partial charge in [-0.05, 0) is 36.4 Å². The van der Waals surface area contributed by atoms with Gasteiger partial charge in [-0.1, -0.05) is 30.3 Å². The highest BCUT2D eigenvalue weighted by Crippen LogP contribution is 2.29. The van der Waals surface area contributed by atoms with Gasteiger partial charge in [0, 0.05) is 5.56 Å². The van der Waals surface area contributed by atoms with Gasteiger partial charge in [-0.3, -0.25) is 14.4 Å². The fourth-order valence-electron chi connectivity index (χ4n) is 3.82. The van der Waals surface area contributed by atoms with Crippen LogP contribution in [0, 0.1) is 0 Å². The van der Waals surface area contributed by atoms with Crippen molar-refractivity contribution >= 4 is 45.6 Å². The van der Waals surface area contributed by atoms with E-state index in [1.165, 1.54) is 18.2 Å². The normalized spacial score (nSPS) is 13.4. The molecule has 0 spiro atoms. The maximum absolute atomic E-state index is 13.0. The number of nitrogens with one attached hydrogen (secondary N) is 2. The maximum atomic E-state index is 13.0. The SMILES string of the molecule is O=C(c1ccc2c(c1)C(=O)N(c1nc3ccccc3[nH]1)C2=O)c1nc2ccccc2[nH]1. The fraction of sp³-hybridized carbons (Fsp3) is 0. The van der Waals surface area contributed by atoms with Gasteiger partial charge in [0.25, 0.3) is 11.8 Å². The number of rotatable bonds is 3. The van der Waals surface area contributed by atoms with E-state index in [-0.39, 0.29) is 34.2 Å². The molecule has 0 bridgehead atoms. The van der Waals surface area contributed by atoms with E-state index in [2.05, 4.69) is 19.9 Å². The molecule has 0 fully saturated rings. The molecule has 2 N–H and O–H groups in total. The van der Waals surface area contributed by atoms with Crippen molar-refractivity contribution < 1.29 is 14.4 Å². The van der Waals surface area contributed by atoms with E-state index in [0.717, 1.165) is 15.9 Å². The molecule has 3 aromatic carbocycles. The molecule has 0 saturated heterocycles. The monoisotopic (exact) mass is 407 g/mol. The molecule has 148 valence electrons. The van der Waals surface area contributed by atoms with Crippen molar-refractivity contribution in [2.24, 2.45) is 0 Å². The third-order valence-corrected chi connectivity index (χ3v) is 5.34. The lowest BCUT2D eigenvalue weighted by Gasteiger charge is -2.08. The number of H-pyrrole nitrogens is 2. The van der Waals surface area contributed by atoms with E-state index < -0.39 is 11.8 Å². The third kappa shape index (κ3) is 2.52. The third-order valence-electron chi connectivity index (χ3n) is 5.34. The molecule has 5 aromatic rings. The number of aromatic nitrogens is 4. The topological polar surface area (TPSA) is 112 Å². The van der Waals surface area contributed by atoms with Crippen LogP contribution in [0.15, 0.2) is 66.7 Å². The van der Waals surface area contributed by atoms with Crippen LogP contribution in [0.25, 0.3) is 22.1 Å². The highest BCUT2D eigenvalue weighted by atomic mass is 16.2. The summed E-state index contributed by atoms with van der Waals surface area (Å²) in [6.07, 6.45) is 0. The molecular formula is C23H13N5O3. The van der Waals surface area contributed by atoms with Gasteiger partial charge in [0.1, 0.15) is 0 Å². The zero-order valence-electron chi connectivity index (χ0n) is 15.9. The van der Waals surface area contributed by atoms with Gasteiger partial charge >= 0.3 is 0 Å². The summed E-state index contributed by atoms with van der Waals surface area (Å²) >= 11 is 0. The van der Waals surface area contributed by atoms with Gasteiger partial charge in [0.2, 0.25) is 11.7 Å². The first-order valence-corrected chi connectivity index (χ1v) is 9.57. The minimum Gasteiger partial charge on any atom is -0.335 e. The molecule has 8 heteroatoms. The largest absolute Gasteiger partial charge is 0.335 e. The van der Waals surface area contributed by atoms with E-state index in [9.17, 15) is 14.4 Å². The van der Waals surface area contributed by atoms with Crippen molar-refractivity contribution in [2.75, 3.05) is 4.90 Å². The van der Waals surface area contributed by atoms with Crippen molar-refractivity contribution in [2.45, 2.75) is 0 Å². The second-order valence-corrected chi connectivity index (χ2v) is 7.22. The quantitative estimate of drug-likeness (QED) is 0.351. The highest BCUT2D eigenvalue weighted by molar-refractivity contribution is 6.34. The Hall–Kier alpha value is -4.59. The molecule has 0 radical (unpaired) electrons. The summed E-state index contributed by atoms with van der Waals surface area (Å²) in [6, 6.07) is 19.0. The number of nitrogens with zero attached hydrogens (tertiary/aromatic N) is 3. The van der Waals surface area contributed by atoms with Crippen LogP contribution >= 0.6 is 0 Å². The smallest absolute Gasteiger partial charge is 0.268 e. The maximum Gasteiger partial charge on any atom is 0.268 e. The summed E-state index contributed by atoms with van der Waals surface area (Å²) in [7, 11) is 0. The Morgan fingerprint density at radius 1 is 0.742 bits per heavy atom. The van der Waals surface area contributed by atoms with Crippen molar-refractivity contribution in [1.82, 2.24) is 19.9 Å². The molecule has 1 aliphatic heterocycles. The van der Waals surface area contributed by atoms with E-state index in [1.807, 2.05) is 36.4 Å². The van der Waals surface area contributed by atoms with E-state index >= 15 is 0 Å². The lowest BCUT2D eigenvalue weighted by molar-refractivity contribution is 0.0923. The number of hydrogen-bond acceptors (Lipinski definition) is 5. The van der Waals surface area contributed by atoms with Crippen LogP contribution in [0.4, 0.5) is 5.95 Å². The Morgan fingerprint density at radius 3 is 2.10 bits per heavy atom. The minimum absolute atomic E-state index is 0.151. The molecule has 1 aliphatic rings. The van der Waals surface area contributed by atoms with Crippen molar-refractivity contribution in [1.29, 1.82) is 0 Å². The second kappa shape index (κ2) is 6.20. The van der Waals surface area contributed by atoms with Gasteiger partial charge in [-0.25, -0.2) is 14.9 Å². The summed E-state index contributed by atoms with van der Waals surface area (Å²) in [5, 5.41) is 0. The molecule has 3 heterocycles. The number of fused-ring (bicyclic) bond motifs is 3. The summed E-state index contributed by atoms with van der Waals surface area (Å²) in [5.41, 5.74) is 3.44. The predicted octanol–water partition coefficient (Wildman–Crippen LogP) is 3.47. The number of anilines is 1. The Morgan fingerprint density at radius 2 is 1.39 bits per heavy atom. The molecule has 0 aliphatic carbocycles. The Balaban J connectivity index is 1.39. The summed E-state index contributed by atoms with van der Waals surface area (Å²) in [4.78, 5) is 54.6. The number of carbonyl (C=O) groups excluding carboxylic acids is 3. The van der Waals surface area contributed by atoms with Crippen LogP contribution < -0.4 is 4.90 Å². The molecule has 0 saturated carbocycles. The van der Waals surface area contributed by atoms with Gasteiger partial charge in [-0.2, -0.15) is 0 Å². The van der Waals surface area contributed by atoms with Crippen LogP contribution in [0.3, 0.4) is 0 Å². The standard InChI is InChI=1S/C23H13N5O3/c29-19(20-24-15-5-1-2-6-16(15)25-20)12-9-10-13-14(11-12)22(31)28(21(13)30)23-26-17-7-3-4-8-18(17)27-23/h1-11H,(H,24,25)(H,26,27). The minimum atomic E-state index is -0.529. The number of imide groups is 1. The molecule has 2 amide bonds. The zero-order valence-corrected chi connectivity index (χ0v) is 15.9. The van der Waals surface area contributed by atoms with Gasteiger partial charge in [0.05, 0.1) is 33.2 Å². The molecule has 8 nitrogen and oxygen atoms in total. The van der Waals surface area contributed by atoms with E-state index in [4.69, 9.17) is 0 Å². The Bertz CT molecular complexity index is 1500. The van der Waals surface area contributed by atoms with E-state index in [1.54, 1.807) is 12.1 Å². The highest BCUT2D eigenvalue weighted by Gasteiger charge is 2.39. The van der Waals surface area contributed by atoms with Crippen molar-refractivity contribution in [3.8, 4) is 0 Å². The van der Waals surface area contributed by atoms with Crippen LogP contribution in [-0.4, -0.2) is 37.5 Å². The molecule has 2 aromatic heterocycles. The van der Waals surface area contributed by atoms with E-state index in [0.29, 0.717) is 11.0 Å². The number of benzene rings is 3. The first-order chi connectivity index (χ1) is 15.1. The number of hydrogen-bond donors (Lipinski definition) is 2. The number of imidazole rings is 2. The molecule has 31 heavy (non-hydrogen) atoms. The Labute approximate surface area is 174 Å². The summed E-state index contributed by atoms with van der Waals surface area (Å²) in [6.45, 7) is 0. The van der Waals surface area contributed by atoms with Crippen LogP contribution in [0.1, 0.15) is 36.9 Å². The van der Waals surface area contributed by atoms with Gasteiger partial charge < -0.3 is 9.97 Å². The number of ketones is 1. The Kier molecular flexibility index (Phi) is 3.46. The van der Waals surface area contributed by atoms with Crippen LogP contribution in [-0.2, 0) is 0 Å². The van der Waals surface area contributed by atoms with Gasteiger partial charge in [-0.15, -0.1) is 0 Å². The molecule has 6 rings (SSSR count). The van der Waals surface area contributed by atoms with Crippen LogP contribution in [0.5, 0.6) is 0 Å². The fourth-order valence-corrected chi connectivity index (χ4v) is 3.82. The summed E-state index contributed by atoms with van der Waals surface area (Å²) in [5.74, 6) is -1.05. The number of amides is 2. The lowest BCUT2D eigenvalue weighted by atomic mass is 10.0. The lowest BCUT2D eigenvalue weighted by Crippen LogP contribution is -2.30. The molecular weight excluding hydrogens is 394 g/mol. The van der Waals surface area contributed by atoms with Crippen LogP contribution in [0.2, 0.25) is 0 Å². The zero-order chi connectivity index (χ0) is 21.1. The first-order valence-electron chi connectivity index (χ1n) is 9.57. The van der Waals surface area contributed by atoms with Gasteiger partial charge in [0.15, 0.2) is 5.82 Å². The van der Waals surface area contributed by atoms with Crippen molar-refractivity contribution in [3.63, 3.8) is 0 Å².